The number of amides is 1. The Balaban J connectivity index is 2.09. The molecule has 0 aliphatic rings. The third-order valence-electron chi connectivity index (χ3n) is 3.90. The molecule has 1 N–H and O–H groups in total. The van der Waals surface area contributed by atoms with E-state index in [2.05, 4.69) is 10.5 Å². The van der Waals surface area contributed by atoms with Gasteiger partial charge < -0.3 is 4.74 Å². The molecule has 0 aliphatic heterocycles. The monoisotopic (exact) mass is 420 g/mol. The van der Waals surface area contributed by atoms with Gasteiger partial charge >= 0.3 is 0 Å². The minimum absolute atomic E-state index is 0.0567. The molecule has 11 heteroatoms. The van der Waals surface area contributed by atoms with E-state index in [4.69, 9.17) is 4.74 Å². The van der Waals surface area contributed by atoms with E-state index in [0.717, 1.165) is 16.1 Å². The van der Waals surface area contributed by atoms with Crippen molar-refractivity contribution in [2.24, 2.45) is 5.10 Å². The predicted molar refractivity (Wildman–Crippen MR) is 106 cm³/mol. The summed E-state index contributed by atoms with van der Waals surface area (Å²) in [6, 6.07) is 10.6. The second-order valence-electron chi connectivity index (χ2n) is 6.02. The normalized spacial score (nSPS) is 11.6. The zero-order chi connectivity index (χ0) is 21.6. The number of benzene rings is 2. The van der Waals surface area contributed by atoms with Crippen LogP contribution in [0.15, 0.2) is 52.5 Å². The molecule has 2 rings (SSSR count). The van der Waals surface area contributed by atoms with Crippen LogP contribution in [-0.2, 0) is 14.8 Å². The summed E-state index contributed by atoms with van der Waals surface area (Å²) in [5.74, 6) is -0.546. The van der Waals surface area contributed by atoms with Crippen LogP contribution in [0.1, 0.15) is 11.1 Å². The molecule has 0 spiro atoms. The molecular formula is C18H20N4O6S. The first-order valence-corrected chi connectivity index (χ1v) is 9.77. The number of hydrogen-bond donors (Lipinski definition) is 1. The fraction of sp³-hybridized carbons (Fsp3) is 0.222. The highest BCUT2D eigenvalue weighted by Crippen LogP contribution is 2.27. The number of nitro groups is 1. The summed E-state index contributed by atoms with van der Waals surface area (Å²) < 4.78 is 31.5. The van der Waals surface area contributed by atoms with Crippen molar-refractivity contribution < 1.29 is 22.9 Å². The zero-order valence-electron chi connectivity index (χ0n) is 16.0. The number of nitrogens with one attached hydrogen (secondary N) is 1. The van der Waals surface area contributed by atoms with Crippen LogP contribution in [0, 0.1) is 17.0 Å². The Kier molecular flexibility index (Phi) is 7.02. The van der Waals surface area contributed by atoms with Crippen molar-refractivity contribution in [3.63, 3.8) is 0 Å². The van der Waals surface area contributed by atoms with Gasteiger partial charge in [-0.15, -0.1) is 0 Å². The lowest BCUT2D eigenvalue weighted by Crippen LogP contribution is -2.36. The molecule has 154 valence electrons. The van der Waals surface area contributed by atoms with Crippen LogP contribution in [0.25, 0.3) is 0 Å². The van der Waals surface area contributed by atoms with Crippen LogP contribution in [0.4, 0.5) is 5.69 Å². The van der Waals surface area contributed by atoms with Gasteiger partial charge in [0.25, 0.3) is 11.6 Å². The number of hydrogen-bond acceptors (Lipinski definition) is 7. The number of nitro benzene ring substituents is 1. The Morgan fingerprint density at radius 2 is 2.00 bits per heavy atom. The average Bonchev–Trinajstić information content (AvgIpc) is 2.68. The van der Waals surface area contributed by atoms with E-state index in [1.165, 1.54) is 44.5 Å². The number of hydrazone groups is 1. The first-order chi connectivity index (χ1) is 13.7. The second-order valence-corrected chi connectivity index (χ2v) is 8.04. The van der Waals surface area contributed by atoms with Crippen LogP contribution < -0.4 is 10.2 Å². The van der Waals surface area contributed by atoms with Crippen molar-refractivity contribution >= 4 is 27.8 Å². The van der Waals surface area contributed by atoms with Crippen LogP contribution in [0.2, 0.25) is 0 Å². The summed E-state index contributed by atoms with van der Waals surface area (Å²) in [7, 11) is -1.38. The lowest BCUT2D eigenvalue weighted by molar-refractivity contribution is -0.385. The maximum atomic E-state index is 12.8. The second kappa shape index (κ2) is 9.26. The average molecular weight is 420 g/mol. The predicted octanol–water partition coefficient (Wildman–Crippen LogP) is 1.68. The van der Waals surface area contributed by atoms with Crippen molar-refractivity contribution in [2.45, 2.75) is 11.8 Å². The molecule has 2 aromatic rings. The number of likely N-dealkylation sites (N-methyl/N-ethyl adjacent to an activating group) is 1. The Morgan fingerprint density at radius 3 is 2.66 bits per heavy atom. The lowest BCUT2D eigenvalue weighted by atomic mass is 10.2. The van der Waals surface area contributed by atoms with Crippen LogP contribution >= 0.6 is 0 Å². The smallest absolute Gasteiger partial charge is 0.278 e. The third-order valence-corrected chi connectivity index (χ3v) is 5.72. The molecule has 29 heavy (non-hydrogen) atoms. The van der Waals surface area contributed by atoms with Gasteiger partial charge in [0, 0.05) is 13.1 Å². The molecule has 0 fully saturated rings. The molecule has 1 amide bonds. The van der Waals surface area contributed by atoms with Crippen molar-refractivity contribution in [1.29, 1.82) is 0 Å². The molecule has 2 aromatic carbocycles. The van der Waals surface area contributed by atoms with E-state index >= 15 is 0 Å². The molecule has 0 bridgehead atoms. The summed E-state index contributed by atoms with van der Waals surface area (Å²) in [5.41, 5.74) is 2.91. The Labute approximate surface area is 168 Å². The SMILES string of the molecule is COc1ccc(C)cc1S(=O)(=O)N(C)CC(=O)N/N=C\c1ccccc1[N+](=O)[O-]. The molecule has 0 saturated carbocycles. The van der Waals surface area contributed by atoms with E-state index in [0.29, 0.717) is 0 Å². The molecular weight excluding hydrogens is 400 g/mol. The number of carbonyl (C=O) groups excluding carboxylic acids is 1. The lowest BCUT2D eigenvalue weighted by Gasteiger charge is -2.18. The maximum Gasteiger partial charge on any atom is 0.278 e. The first kappa shape index (κ1) is 22.0. The number of para-hydroxylation sites is 1. The van der Waals surface area contributed by atoms with Crippen molar-refractivity contribution in [3.8, 4) is 5.75 Å². The summed E-state index contributed by atoms with van der Waals surface area (Å²) in [6.45, 7) is 1.23. The van der Waals surface area contributed by atoms with E-state index in [9.17, 15) is 23.3 Å². The molecule has 0 aliphatic carbocycles. The van der Waals surface area contributed by atoms with Crippen molar-refractivity contribution in [2.75, 3.05) is 20.7 Å². The Hall–Kier alpha value is -3.31. The number of nitrogens with zero attached hydrogens (tertiary/aromatic N) is 3. The topological polar surface area (TPSA) is 131 Å². The quantitative estimate of drug-likeness (QED) is 0.393. The van der Waals surface area contributed by atoms with E-state index < -0.39 is 27.4 Å². The van der Waals surface area contributed by atoms with Crippen molar-refractivity contribution in [1.82, 2.24) is 9.73 Å². The van der Waals surface area contributed by atoms with E-state index in [1.807, 2.05) is 0 Å². The van der Waals surface area contributed by atoms with Gasteiger partial charge in [0.2, 0.25) is 10.0 Å². The van der Waals surface area contributed by atoms with Gasteiger partial charge in [0.15, 0.2) is 0 Å². The zero-order valence-corrected chi connectivity index (χ0v) is 16.8. The van der Waals surface area contributed by atoms with Gasteiger partial charge in [-0.3, -0.25) is 14.9 Å². The Bertz CT molecular complexity index is 1050. The number of sulfonamides is 1. The van der Waals surface area contributed by atoms with Crippen LogP contribution in [-0.4, -0.2) is 50.5 Å². The number of carbonyl (C=O) groups is 1. The summed E-state index contributed by atoms with van der Waals surface area (Å²) in [6.07, 6.45) is 1.12. The van der Waals surface area contributed by atoms with Gasteiger partial charge in [-0.25, -0.2) is 13.8 Å². The van der Waals surface area contributed by atoms with Gasteiger partial charge in [-0.1, -0.05) is 18.2 Å². The largest absolute Gasteiger partial charge is 0.495 e. The summed E-state index contributed by atoms with van der Waals surface area (Å²) in [5, 5.41) is 14.6. The highest BCUT2D eigenvalue weighted by atomic mass is 32.2. The number of aryl methyl sites for hydroxylation is 1. The summed E-state index contributed by atoms with van der Waals surface area (Å²) in [4.78, 5) is 22.4. The van der Waals surface area contributed by atoms with E-state index in [-0.39, 0.29) is 21.9 Å². The van der Waals surface area contributed by atoms with E-state index in [1.54, 1.807) is 19.1 Å². The van der Waals surface area contributed by atoms with Crippen LogP contribution in [0.5, 0.6) is 5.75 Å². The highest BCUT2D eigenvalue weighted by Gasteiger charge is 2.26. The number of methoxy groups -OCH3 is 1. The standard InChI is InChI=1S/C18H20N4O6S/c1-13-8-9-16(28-3)17(10-13)29(26,27)21(2)12-18(23)20-19-11-14-6-4-5-7-15(14)22(24)25/h4-11H,12H2,1-3H3,(H,20,23)/b19-11-. The Morgan fingerprint density at radius 1 is 1.31 bits per heavy atom. The van der Waals surface area contributed by atoms with Gasteiger partial charge in [0.1, 0.15) is 10.6 Å². The molecule has 10 nitrogen and oxygen atoms in total. The number of rotatable bonds is 8. The minimum atomic E-state index is -3.99. The first-order valence-electron chi connectivity index (χ1n) is 8.33. The van der Waals surface area contributed by atoms with Crippen LogP contribution in [0.3, 0.4) is 0 Å². The van der Waals surface area contributed by atoms with Gasteiger partial charge in [-0.2, -0.15) is 9.41 Å². The molecule has 0 unspecified atom stereocenters. The molecule has 0 aromatic heterocycles. The summed E-state index contributed by atoms with van der Waals surface area (Å²) >= 11 is 0. The highest BCUT2D eigenvalue weighted by molar-refractivity contribution is 7.89. The van der Waals surface area contributed by atoms with Gasteiger partial charge in [-0.05, 0) is 30.7 Å². The molecule has 0 heterocycles. The number of ether oxygens (including phenoxy) is 1. The minimum Gasteiger partial charge on any atom is -0.495 e. The third kappa shape index (κ3) is 5.36. The van der Waals surface area contributed by atoms with Crippen molar-refractivity contribution in [3.05, 3.63) is 63.7 Å². The fourth-order valence-corrected chi connectivity index (χ4v) is 3.78. The molecule has 0 atom stereocenters. The van der Waals surface area contributed by atoms with Gasteiger partial charge in [0.05, 0.1) is 30.4 Å². The maximum absolute atomic E-state index is 12.8. The molecule has 0 saturated heterocycles. The molecule has 0 radical (unpaired) electrons. The fourth-order valence-electron chi connectivity index (χ4n) is 2.41.